The van der Waals surface area contributed by atoms with E-state index >= 15 is 0 Å². The van der Waals surface area contributed by atoms with Crippen LogP contribution in [0.5, 0.6) is 5.88 Å². The maximum Gasteiger partial charge on any atom is 0.279 e. The van der Waals surface area contributed by atoms with Crippen LogP contribution in [0.4, 0.5) is 10.8 Å². The Morgan fingerprint density at radius 1 is 1.19 bits per heavy atom. The van der Waals surface area contributed by atoms with Crippen LogP contribution in [0.15, 0.2) is 41.4 Å². The number of benzene rings is 2. The van der Waals surface area contributed by atoms with Crippen LogP contribution >= 0.6 is 57.1 Å². The molecule has 1 aliphatic heterocycles. The third kappa shape index (κ3) is 3.09. The molecule has 0 bridgehead atoms. The molecular formula is C17H8Cl2IN3O2S. The quantitative estimate of drug-likeness (QED) is 0.519. The molecule has 2 aromatic carbocycles. The molecule has 1 aromatic heterocycles. The molecule has 0 saturated heterocycles. The van der Waals surface area contributed by atoms with E-state index in [9.17, 15) is 9.90 Å². The van der Waals surface area contributed by atoms with Gasteiger partial charge in [0.15, 0.2) is 5.13 Å². The molecule has 0 atom stereocenters. The SMILES string of the molecule is O=C1N=c2ccc(I)cc2=C1c1sc(Nc2cccc(Cl)c2Cl)nc1O. The number of aromatic hydroxyl groups is 1. The van der Waals surface area contributed by atoms with Crippen molar-refractivity contribution in [2.24, 2.45) is 4.99 Å². The number of anilines is 2. The van der Waals surface area contributed by atoms with E-state index in [1.165, 1.54) is 0 Å². The normalized spacial score (nSPS) is 12.9. The molecule has 0 saturated carbocycles. The van der Waals surface area contributed by atoms with Gasteiger partial charge in [0.25, 0.3) is 5.91 Å². The molecule has 26 heavy (non-hydrogen) atoms. The van der Waals surface area contributed by atoms with E-state index in [1.54, 1.807) is 24.3 Å². The molecule has 5 nitrogen and oxygen atoms in total. The fourth-order valence-electron chi connectivity index (χ4n) is 2.55. The van der Waals surface area contributed by atoms with Crippen LogP contribution in [0.2, 0.25) is 10.0 Å². The van der Waals surface area contributed by atoms with Crippen LogP contribution in [0.3, 0.4) is 0 Å². The number of halogens is 3. The Kier molecular flexibility index (Phi) is 4.64. The third-order valence-corrected chi connectivity index (χ3v) is 6.16. The molecule has 0 fully saturated rings. The van der Waals surface area contributed by atoms with Gasteiger partial charge in [-0.2, -0.15) is 4.98 Å². The van der Waals surface area contributed by atoms with Gasteiger partial charge in [-0.25, -0.2) is 4.99 Å². The van der Waals surface area contributed by atoms with Crippen molar-refractivity contribution < 1.29 is 9.90 Å². The molecule has 0 aliphatic carbocycles. The van der Waals surface area contributed by atoms with Crippen LogP contribution in [-0.2, 0) is 4.79 Å². The summed E-state index contributed by atoms with van der Waals surface area (Å²) in [5.74, 6) is -0.630. The first-order valence-electron chi connectivity index (χ1n) is 7.28. The molecule has 1 aliphatic rings. The Bertz CT molecular complexity index is 1190. The molecule has 0 radical (unpaired) electrons. The molecule has 0 spiro atoms. The van der Waals surface area contributed by atoms with E-state index in [4.69, 9.17) is 23.2 Å². The Labute approximate surface area is 175 Å². The second-order valence-electron chi connectivity index (χ2n) is 5.35. The summed E-state index contributed by atoms with van der Waals surface area (Å²) >= 11 is 15.5. The van der Waals surface area contributed by atoms with Crippen LogP contribution in [0.25, 0.3) is 5.57 Å². The minimum absolute atomic E-state index is 0.235. The van der Waals surface area contributed by atoms with Crippen molar-refractivity contribution in [2.45, 2.75) is 0 Å². The predicted molar refractivity (Wildman–Crippen MR) is 111 cm³/mol. The van der Waals surface area contributed by atoms with Crippen LogP contribution in [0.1, 0.15) is 4.88 Å². The summed E-state index contributed by atoms with van der Waals surface area (Å²) in [5.41, 5.74) is 0.903. The van der Waals surface area contributed by atoms with Crippen LogP contribution < -0.4 is 15.9 Å². The number of fused-ring (bicyclic) bond motifs is 1. The molecule has 130 valence electrons. The average molecular weight is 516 g/mol. The van der Waals surface area contributed by atoms with Crippen molar-refractivity contribution in [1.82, 2.24) is 4.98 Å². The van der Waals surface area contributed by atoms with Crippen molar-refractivity contribution >= 4 is 79.4 Å². The van der Waals surface area contributed by atoms with Gasteiger partial charge in [-0.3, -0.25) is 4.79 Å². The van der Waals surface area contributed by atoms with Crippen molar-refractivity contribution in [3.05, 3.63) is 65.5 Å². The van der Waals surface area contributed by atoms with Crippen molar-refractivity contribution in [2.75, 3.05) is 5.32 Å². The van der Waals surface area contributed by atoms with Gasteiger partial charge >= 0.3 is 0 Å². The minimum atomic E-state index is -0.395. The van der Waals surface area contributed by atoms with E-state index in [1.807, 2.05) is 12.1 Å². The molecule has 2 heterocycles. The zero-order valence-electron chi connectivity index (χ0n) is 12.8. The molecule has 1 amide bonds. The molecule has 0 unspecified atom stereocenters. The molecule has 3 aromatic rings. The van der Waals surface area contributed by atoms with Gasteiger partial charge in [0.05, 0.1) is 26.7 Å². The molecule has 9 heteroatoms. The van der Waals surface area contributed by atoms with E-state index in [2.05, 4.69) is 37.9 Å². The topological polar surface area (TPSA) is 74.6 Å². The molecule has 2 N–H and O–H groups in total. The number of carbonyl (C=O) groups excluding carboxylic acids is 1. The number of hydrogen-bond donors (Lipinski definition) is 2. The smallest absolute Gasteiger partial charge is 0.279 e. The Morgan fingerprint density at radius 3 is 2.81 bits per heavy atom. The zero-order chi connectivity index (χ0) is 18.4. The number of hydrogen-bond acceptors (Lipinski definition) is 5. The number of nitrogens with zero attached hydrogens (tertiary/aromatic N) is 2. The van der Waals surface area contributed by atoms with Gasteiger partial charge in [-0.05, 0) is 52.9 Å². The number of nitrogens with one attached hydrogen (secondary N) is 1. The lowest BCUT2D eigenvalue weighted by molar-refractivity contribution is -0.112. The second kappa shape index (κ2) is 6.80. The monoisotopic (exact) mass is 515 g/mol. The highest BCUT2D eigenvalue weighted by Gasteiger charge is 2.25. The number of aromatic nitrogens is 1. The van der Waals surface area contributed by atoms with Gasteiger partial charge in [-0.15, -0.1) is 0 Å². The summed E-state index contributed by atoms with van der Waals surface area (Å²) in [6, 6.07) is 10.7. The highest BCUT2D eigenvalue weighted by Crippen LogP contribution is 2.37. The fraction of sp³-hybridized carbons (Fsp3) is 0. The first kappa shape index (κ1) is 17.7. The largest absolute Gasteiger partial charge is 0.492 e. The van der Waals surface area contributed by atoms with Gasteiger partial charge in [-0.1, -0.05) is 40.6 Å². The van der Waals surface area contributed by atoms with Gasteiger partial charge in [0.1, 0.15) is 4.88 Å². The van der Waals surface area contributed by atoms with Gasteiger partial charge < -0.3 is 10.4 Å². The van der Waals surface area contributed by atoms with E-state index in [-0.39, 0.29) is 5.88 Å². The minimum Gasteiger partial charge on any atom is -0.492 e. The van der Waals surface area contributed by atoms with Gasteiger partial charge in [0.2, 0.25) is 5.88 Å². The van der Waals surface area contributed by atoms with E-state index < -0.39 is 5.91 Å². The van der Waals surface area contributed by atoms with Crippen LogP contribution in [0, 0.1) is 3.57 Å². The van der Waals surface area contributed by atoms with E-state index in [0.29, 0.717) is 41.9 Å². The van der Waals surface area contributed by atoms with Crippen molar-refractivity contribution in [3.63, 3.8) is 0 Å². The average Bonchev–Trinajstić information content (AvgIpc) is 3.10. The van der Waals surface area contributed by atoms with Gasteiger partial charge in [0, 0.05) is 8.79 Å². The Hall–Kier alpha value is -1.68. The fourth-order valence-corrected chi connectivity index (χ4v) is 4.31. The summed E-state index contributed by atoms with van der Waals surface area (Å²) < 4.78 is 0.969. The standard InChI is InChI=1S/C17H8Cl2IN3O2S/c18-9-2-1-3-11(13(9)19)22-17-23-16(25)14(26-17)12-8-6-7(20)4-5-10(8)21-15(12)24/h1-6,25H,(H,22,23). The summed E-state index contributed by atoms with van der Waals surface area (Å²) in [6.07, 6.45) is 0. The highest BCUT2D eigenvalue weighted by molar-refractivity contribution is 14.1. The summed E-state index contributed by atoms with van der Waals surface area (Å²) in [5, 5.41) is 15.7. The third-order valence-electron chi connectivity index (χ3n) is 3.69. The summed E-state index contributed by atoms with van der Waals surface area (Å²) in [6.45, 7) is 0. The maximum absolute atomic E-state index is 12.4. The number of thiazole rings is 1. The van der Waals surface area contributed by atoms with Crippen molar-refractivity contribution in [1.29, 1.82) is 0 Å². The van der Waals surface area contributed by atoms with Crippen LogP contribution in [-0.4, -0.2) is 16.0 Å². The molecular weight excluding hydrogens is 508 g/mol. The predicted octanol–water partition coefficient (Wildman–Crippen LogP) is 3.86. The second-order valence-corrected chi connectivity index (χ2v) is 8.38. The highest BCUT2D eigenvalue weighted by atomic mass is 127. The van der Waals surface area contributed by atoms with Crippen molar-refractivity contribution in [3.8, 4) is 5.88 Å². The van der Waals surface area contributed by atoms with E-state index in [0.717, 1.165) is 14.9 Å². The number of rotatable bonds is 3. The zero-order valence-corrected chi connectivity index (χ0v) is 17.2. The lowest BCUT2D eigenvalue weighted by Crippen LogP contribution is -2.23. The number of amides is 1. The first-order valence-corrected chi connectivity index (χ1v) is 9.93. The molecule has 4 rings (SSSR count). The lowest BCUT2D eigenvalue weighted by Gasteiger charge is -2.05. The summed E-state index contributed by atoms with van der Waals surface area (Å²) in [7, 11) is 0. The maximum atomic E-state index is 12.4. The Balaban J connectivity index is 1.81. The summed E-state index contributed by atoms with van der Waals surface area (Å²) in [4.78, 5) is 20.9. The Morgan fingerprint density at radius 2 is 2.00 bits per heavy atom. The number of carbonyl (C=O) groups is 1. The first-order chi connectivity index (χ1) is 12.4. The lowest BCUT2D eigenvalue weighted by atomic mass is 10.1.